The monoisotopic (exact) mass is 308 g/mol. The van der Waals surface area contributed by atoms with Gasteiger partial charge in [-0.15, -0.1) is 9.60 Å². The van der Waals surface area contributed by atoms with Crippen LogP contribution in [0.4, 0.5) is 8.87 Å². The molecule has 4 nitrogen and oxygen atoms in total. The molecule has 1 aromatic heterocycles. The average Bonchev–Trinajstić information content (AvgIpc) is 3.03. The maximum absolute atomic E-state index is 13.5. The Morgan fingerprint density at radius 2 is 2.27 bits per heavy atom. The number of benzene rings is 1. The molecule has 3 rings (SSSR count). The van der Waals surface area contributed by atoms with Crippen molar-refractivity contribution in [2.75, 3.05) is 6.54 Å². The van der Waals surface area contributed by atoms with Gasteiger partial charge in [-0.2, -0.15) is 0 Å². The molecule has 1 aliphatic heterocycles. The van der Waals surface area contributed by atoms with Gasteiger partial charge < -0.3 is 9.73 Å². The number of nitrogens with zero attached hydrogens (tertiary/aromatic N) is 1. The van der Waals surface area contributed by atoms with Gasteiger partial charge in [0.15, 0.2) is 0 Å². The Labute approximate surface area is 127 Å². The number of hydrogen-bond donors (Lipinski definition) is 1. The second kappa shape index (κ2) is 5.68. The number of carbonyl (C=O) groups is 1. The second-order valence-corrected chi connectivity index (χ2v) is 5.74. The van der Waals surface area contributed by atoms with Crippen molar-refractivity contribution in [1.82, 2.24) is 10.4 Å². The van der Waals surface area contributed by atoms with Gasteiger partial charge in [-0.25, -0.2) is 4.39 Å². The Balaban J connectivity index is 1.81. The normalized spacial score (nSPS) is 20.5. The van der Waals surface area contributed by atoms with Crippen molar-refractivity contribution in [3.63, 3.8) is 0 Å². The molecule has 118 valence electrons. The molecule has 1 amide bonds. The molecular weight excluding hydrogens is 290 g/mol. The first-order valence-corrected chi connectivity index (χ1v) is 7.38. The number of aryl methyl sites for hydroxylation is 1. The van der Waals surface area contributed by atoms with Crippen molar-refractivity contribution in [1.29, 1.82) is 0 Å². The van der Waals surface area contributed by atoms with E-state index in [0.29, 0.717) is 34.7 Å². The Bertz CT molecular complexity index is 713. The molecule has 22 heavy (non-hydrogen) atoms. The van der Waals surface area contributed by atoms with Crippen LogP contribution in [0.1, 0.15) is 37.1 Å². The number of furan rings is 1. The SMILES string of the molecule is Cc1c(C(C)NC(=O)C2CCCN2F)oc2ccc(F)cc12. The van der Waals surface area contributed by atoms with Crippen LogP contribution in [-0.4, -0.2) is 23.6 Å². The average molecular weight is 308 g/mol. The van der Waals surface area contributed by atoms with E-state index in [4.69, 9.17) is 4.42 Å². The summed E-state index contributed by atoms with van der Waals surface area (Å²) in [7, 11) is 0. The molecule has 2 aromatic rings. The zero-order chi connectivity index (χ0) is 15.9. The smallest absolute Gasteiger partial charge is 0.240 e. The van der Waals surface area contributed by atoms with E-state index in [0.717, 1.165) is 5.56 Å². The van der Waals surface area contributed by atoms with Crippen LogP contribution in [-0.2, 0) is 4.79 Å². The first-order valence-electron chi connectivity index (χ1n) is 7.38. The van der Waals surface area contributed by atoms with Crippen LogP contribution in [0.15, 0.2) is 22.6 Å². The molecule has 0 saturated carbocycles. The first kappa shape index (κ1) is 15.0. The molecule has 0 bridgehead atoms. The summed E-state index contributed by atoms with van der Waals surface area (Å²) in [6, 6.07) is 3.17. The molecule has 0 aliphatic carbocycles. The molecule has 1 aliphatic rings. The highest BCUT2D eigenvalue weighted by Gasteiger charge is 2.32. The summed E-state index contributed by atoms with van der Waals surface area (Å²) >= 11 is 0. The Morgan fingerprint density at radius 1 is 1.50 bits per heavy atom. The number of carbonyl (C=O) groups excluding carboxylic acids is 1. The van der Waals surface area contributed by atoms with E-state index in [1.807, 2.05) is 6.92 Å². The first-order chi connectivity index (χ1) is 10.5. The summed E-state index contributed by atoms with van der Waals surface area (Å²) in [5.41, 5.74) is 1.36. The van der Waals surface area contributed by atoms with Crippen molar-refractivity contribution in [3.8, 4) is 0 Å². The number of rotatable bonds is 3. The second-order valence-electron chi connectivity index (χ2n) is 5.74. The highest BCUT2D eigenvalue weighted by molar-refractivity contribution is 5.84. The summed E-state index contributed by atoms with van der Waals surface area (Å²) in [6.07, 6.45) is 1.19. The zero-order valence-corrected chi connectivity index (χ0v) is 12.5. The molecule has 2 heterocycles. The van der Waals surface area contributed by atoms with E-state index in [1.54, 1.807) is 13.0 Å². The Hall–Kier alpha value is -1.95. The minimum Gasteiger partial charge on any atom is -0.459 e. The van der Waals surface area contributed by atoms with Gasteiger partial charge in [-0.1, -0.05) is 0 Å². The predicted molar refractivity (Wildman–Crippen MR) is 78.3 cm³/mol. The molecule has 0 spiro atoms. The highest BCUT2D eigenvalue weighted by atomic mass is 19.2. The molecule has 0 radical (unpaired) electrons. The van der Waals surface area contributed by atoms with Crippen LogP contribution < -0.4 is 5.32 Å². The summed E-state index contributed by atoms with van der Waals surface area (Å²) in [4.78, 5) is 12.1. The fourth-order valence-electron chi connectivity index (χ4n) is 2.99. The quantitative estimate of drug-likeness (QED) is 0.884. The summed E-state index contributed by atoms with van der Waals surface area (Å²) in [5.74, 6) is -0.116. The maximum Gasteiger partial charge on any atom is 0.240 e. The third kappa shape index (κ3) is 2.59. The molecule has 1 saturated heterocycles. The molecule has 2 unspecified atom stereocenters. The van der Waals surface area contributed by atoms with Gasteiger partial charge in [-0.3, -0.25) is 4.79 Å². The lowest BCUT2D eigenvalue weighted by Crippen LogP contribution is -2.40. The zero-order valence-electron chi connectivity index (χ0n) is 12.5. The van der Waals surface area contributed by atoms with Gasteiger partial charge in [0, 0.05) is 17.5 Å². The van der Waals surface area contributed by atoms with Crippen molar-refractivity contribution in [3.05, 3.63) is 35.3 Å². The molecule has 6 heteroatoms. The maximum atomic E-state index is 13.5. The van der Waals surface area contributed by atoms with E-state index in [1.165, 1.54) is 12.1 Å². The summed E-state index contributed by atoms with van der Waals surface area (Å²) < 4.78 is 32.5. The molecule has 1 N–H and O–H groups in total. The van der Waals surface area contributed by atoms with Crippen LogP contribution in [0.5, 0.6) is 0 Å². The summed E-state index contributed by atoms with van der Waals surface area (Å²) in [5, 5.41) is 4.03. The number of fused-ring (bicyclic) bond motifs is 1. The van der Waals surface area contributed by atoms with Gasteiger partial charge in [0.1, 0.15) is 23.2 Å². The number of nitrogens with one attached hydrogen (secondary N) is 1. The van der Waals surface area contributed by atoms with E-state index in [9.17, 15) is 13.7 Å². The molecule has 2 atom stereocenters. The minimum atomic E-state index is -0.732. The van der Waals surface area contributed by atoms with E-state index in [-0.39, 0.29) is 18.3 Å². The van der Waals surface area contributed by atoms with Crippen molar-refractivity contribution >= 4 is 16.9 Å². The summed E-state index contributed by atoms with van der Waals surface area (Å²) in [6.45, 7) is 3.88. The lowest BCUT2D eigenvalue weighted by molar-refractivity contribution is -0.132. The van der Waals surface area contributed by atoms with Crippen LogP contribution in [0.3, 0.4) is 0 Å². The van der Waals surface area contributed by atoms with Crippen molar-refractivity contribution < 1.29 is 18.1 Å². The van der Waals surface area contributed by atoms with Gasteiger partial charge in [0.2, 0.25) is 5.91 Å². The fraction of sp³-hybridized carbons (Fsp3) is 0.438. The van der Waals surface area contributed by atoms with E-state index in [2.05, 4.69) is 5.32 Å². The third-order valence-electron chi connectivity index (χ3n) is 4.18. The minimum absolute atomic E-state index is 0.287. The Kier molecular flexibility index (Phi) is 3.87. The van der Waals surface area contributed by atoms with Gasteiger partial charge in [0.05, 0.1) is 6.04 Å². The Morgan fingerprint density at radius 3 is 2.95 bits per heavy atom. The van der Waals surface area contributed by atoms with E-state index >= 15 is 0 Å². The number of hydrogen-bond acceptors (Lipinski definition) is 3. The predicted octanol–water partition coefficient (Wildman–Crippen LogP) is 3.41. The largest absolute Gasteiger partial charge is 0.459 e. The van der Waals surface area contributed by atoms with Gasteiger partial charge >= 0.3 is 0 Å². The third-order valence-corrected chi connectivity index (χ3v) is 4.18. The highest BCUT2D eigenvalue weighted by Crippen LogP contribution is 2.30. The van der Waals surface area contributed by atoms with Gasteiger partial charge in [-0.05, 0) is 44.9 Å². The van der Waals surface area contributed by atoms with Crippen molar-refractivity contribution in [2.45, 2.75) is 38.8 Å². The number of amides is 1. The molecule has 1 fully saturated rings. The van der Waals surface area contributed by atoms with Gasteiger partial charge in [0.25, 0.3) is 0 Å². The van der Waals surface area contributed by atoms with Crippen LogP contribution >= 0.6 is 0 Å². The van der Waals surface area contributed by atoms with Crippen LogP contribution in [0.25, 0.3) is 11.0 Å². The lowest BCUT2D eigenvalue weighted by atomic mass is 10.1. The van der Waals surface area contributed by atoms with E-state index < -0.39 is 12.1 Å². The fourth-order valence-corrected chi connectivity index (χ4v) is 2.99. The van der Waals surface area contributed by atoms with Crippen molar-refractivity contribution in [2.24, 2.45) is 0 Å². The lowest BCUT2D eigenvalue weighted by Gasteiger charge is -2.18. The molecular formula is C16H18F2N2O2. The molecule has 1 aromatic carbocycles. The van der Waals surface area contributed by atoms with Crippen LogP contribution in [0.2, 0.25) is 0 Å². The van der Waals surface area contributed by atoms with Crippen LogP contribution in [0, 0.1) is 12.7 Å². The topological polar surface area (TPSA) is 45.5 Å². The standard InChI is InChI=1S/C16H18F2N2O2/c1-9-12-8-11(17)5-6-14(12)22-15(9)10(2)19-16(21)13-4-3-7-20(13)18/h5-6,8,10,13H,3-4,7H2,1-2H3,(H,19,21). The number of halogens is 2.